The van der Waals surface area contributed by atoms with Crippen molar-refractivity contribution in [3.05, 3.63) is 88.9 Å². The standard InChI is InChI=1S/C23H17BrN2O2/c1-28-22-12-5-4-11-20(22)26-23(27)18-14-21(15-7-6-8-16(24)13-15)25-19-10-3-2-9-17(18)19/h2-14H,1H3,(H,26,27). The highest BCUT2D eigenvalue weighted by Gasteiger charge is 2.15. The number of hydrogen-bond acceptors (Lipinski definition) is 3. The molecule has 1 amide bonds. The van der Waals surface area contributed by atoms with Crippen molar-refractivity contribution in [1.82, 2.24) is 4.98 Å². The largest absolute Gasteiger partial charge is 0.495 e. The lowest BCUT2D eigenvalue weighted by atomic mass is 10.0. The molecule has 0 radical (unpaired) electrons. The molecule has 0 saturated carbocycles. The first-order valence-electron chi connectivity index (χ1n) is 8.76. The molecule has 0 unspecified atom stereocenters. The van der Waals surface area contributed by atoms with Crippen LogP contribution in [0.2, 0.25) is 0 Å². The summed E-state index contributed by atoms with van der Waals surface area (Å²) in [6.07, 6.45) is 0. The number of nitrogens with one attached hydrogen (secondary N) is 1. The quantitative estimate of drug-likeness (QED) is 0.434. The smallest absolute Gasteiger partial charge is 0.256 e. The van der Waals surface area contributed by atoms with Crippen molar-refractivity contribution >= 4 is 38.4 Å². The van der Waals surface area contributed by atoms with E-state index in [1.807, 2.05) is 78.9 Å². The number of pyridine rings is 1. The number of carbonyl (C=O) groups is 1. The third-order valence-electron chi connectivity index (χ3n) is 4.44. The first-order valence-corrected chi connectivity index (χ1v) is 9.55. The van der Waals surface area contributed by atoms with Crippen molar-refractivity contribution in [1.29, 1.82) is 0 Å². The van der Waals surface area contributed by atoms with Crippen molar-refractivity contribution < 1.29 is 9.53 Å². The monoisotopic (exact) mass is 432 g/mol. The van der Waals surface area contributed by atoms with Gasteiger partial charge in [0.25, 0.3) is 5.91 Å². The molecule has 3 aromatic carbocycles. The summed E-state index contributed by atoms with van der Waals surface area (Å²) in [5, 5.41) is 3.76. The van der Waals surface area contributed by atoms with Crippen LogP contribution in [0.15, 0.2) is 83.3 Å². The van der Waals surface area contributed by atoms with E-state index in [0.29, 0.717) is 17.0 Å². The number of nitrogens with zero attached hydrogens (tertiary/aromatic N) is 1. The summed E-state index contributed by atoms with van der Waals surface area (Å²) in [4.78, 5) is 17.9. The van der Waals surface area contributed by atoms with Gasteiger partial charge in [-0.05, 0) is 36.4 Å². The molecule has 1 N–H and O–H groups in total. The van der Waals surface area contributed by atoms with Gasteiger partial charge in [-0.3, -0.25) is 4.79 Å². The number of amides is 1. The first-order chi connectivity index (χ1) is 13.7. The third-order valence-corrected chi connectivity index (χ3v) is 4.93. The summed E-state index contributed by atoms with van der Waals surface area (Å²) in [5.41, 5.74) is 3.63. The molecule has 0 bridgehead atoms. The zero-order chi connectivity index (χ0) is 19.5. The maximum Gasteiger partial charge on any atom is 0.256 e. The van der Waals surface area contributed by atoms with E-state index >= 15 is 0 Å². The number of rotatable bonds is 4. The van der Waals surface area contributed by atoms with Crippen LogP contribution >= 0.6 is 15.9 Å². The van der Waals surface area contributed by atoms with Gasteiger partial charge in [0.2, 0.25) is 0 Å². The molecule has 0 atom stereocenters. The maximum absolute atomic E-state index is 13.1. The molecule has 0 saturated heterocycles. The van der Waals surface area contributed by atoms with Crippen LogP contribution in [0.25, 0.3) is 22.2 Å². The maximum atomic E-state index is 13.1. The van der Waals surface area contributed by atoms with E-state index in [0.717, 1.165) is 26.6 Å². The van der Waals surface area contributed by atoms with Gasteiger partial charge in [0.1, 0.15) is 5.75 Å². The topological polar surface area (TPSA) is 51.2 Å². The molecule has 5 heteroatoms. The minimum Gasteiger partial charge on any atom is -0.495 e. The number of benzene rings is 3. The van der Waals surface area contributed by atoms with Crippen LogP contribution < -0.4 is 10.1 Å². The molecule has 138 valence electrons. The molecule has 0 aliphatic rings. The number of anilines is 1. The number of fused-ring (bicyclic) bond motifs is 1. The second-order valence-corrected chi connectivity index (χ2v) is 7.15. The number of halogens is 1. The molecular formula is C23H17BrN2O2. The van der Waals surface area contributed by atoms with E-state index < -0.39 is 0 Å². The molecule has 4 aromatic rings. The van der Waals surface area contributed by atoms with Gasteiger partial charge in [-0.25, -0.2) is 4.98 Å². The Bertz CT molecular complexity index is 1170. The first kappa shape index (κ1) is 18.2. The highest BCUT2D eigenvalue weighted by atomic mass is 79.9. The molecule has 4 nitrogen and oxygen atoms in total. The fourth-order valence-corrected chi connectivity index (χ4v) is 3.50. The van der Waals surface area contributed by atoms with E-state index in [4.69, 9.17) is 9.72 Å². The Hall–Kier alpha value is -3.18. The summed E-state index contributed by atoms with van der Waals surface area (Å²) >= 11 is 3.50. The molecule has 0 spiro atoms. The molecule has 0 aliphatic carbocycles. The highest BCUT2D eigenvalue weighted by Crippen LogP contribution is 2.29. The van der Waals surface area contributed by atoms with Crippen LogP contribution in [0, 0.1) is 0 Å². The average molecular weight is 433 g/mol. The zero-order valence-corrected chi connectivity index (χ0v) is 16.7. The Balaban J connectivity index is 1.82. The van der Waals surface area contributed by atoms with Gasteiger partial charge >= 0.3 is 0 Å². The van der Waals surface area contributed by atoms with E-state index in [1.54, 1.807) is 7.11 Å². The van der Waals surface area contributed by atoms with E-state index in [9.17, 15) is 4.79 Å². The Morgan fingerprint density at radius 2 is 1.75 bits per heavy atom. The number of hydrogen-bond donors (Lipinski definition) is 1. The van der Waals surface area contributed by atoms with Crippen molar-refractivity contribution in [2.24, 2.45) is 0 Å². The van der Waals surface area contributed by atoms with Crippen LogP contribution in [0.4, 0.5) is 5.69 Å². The summed E-state index contributed by atoms with van der Waals surface area (Å²) in [6, 6.07) is 24.7. The lowest BCUT2D eigenvalue weighted by Gasteiger charge is -2.13. The Kier molecular flexibility index (Phi) is 5.08. The summed E-state index contributed by atoms with van der Waals surface area (Å²) in [6.45, 7) is 0. The Morgan fingerprint density at radius 3 is 2.57 bits per heavy atom. The minimum atomic E-state index is -0.209. The fourth-order valence-electron chi connectivity index (χ4n) is 3.10. The second kappa shape index (κ2) is 7.82. The van der Waals surface area contributed by atoms with Crippen LogP contribution in [0.1, 0.15) is 10.4 Å². The molecule has 0 fully saturated rings. The highest BCUT2D eigenvalue weighted by molar-refractivity contribution is 9.10. The Labute approximate surface area is 171 Å². The zero-order valence-electron chi connectivity index (χ0n) is 15.1. The molecule has 1 heterocycles. The average Bonchev–Trinajstić information content (AvgIpc) is 2.73. The number of carbonyl (C=O) groups excluding carboxylic acids is 1. The number of methoxy groups -OCH3 is 1. The lowest BCUT2D eigenvalue weighted by Crippen LogP contribution is -2.13. The van der Waals surface area contributed by atoms with E-state index in [1.165, 1.54) is 0 Å². The lowest BCUT2D eigenvalue weighted by molar-refractivity contribution is 0.102. The van der Waals surface area contributed by atoms with Gasteiger partial charge in [-0.15, -0.1) is 0 Å². The van der Waals surface area contributed by atoms with Gasteiger partial charge in [0, 0.05) is 15.4 Å². The van der Waals surface area contributed by atoms with Crippen LogP contribution in [0.3, 0.4) is 0 Å². The van der Waals surface area contributed by atoms with Gasteiger partial charge in [-0.1, -0.05) is 58.4 Å². The fraction of sp³-hybridized carbons (Fsp3) is 0.0435. The van der Waals surface area contributed by atoms with Gasteiger partial charge < -0.3 is 10.1 Å². The predicted molar refractivity (Wildman–Crippen MR) is 116 cm³/mol. The van der Waals surface area contributed by atoms with Gasteiger partial charge in [-0.2, -0.15) is 0 Å². The molecule has 4 rings (SSSR count). The number of ether oxygens (including phenoxy) is 1. The van der Waals surface area contributed by atoms with Gasteiger partial charge in [0.15, 0.2) is 0 Å². The second-order valence-electron chi connectivity index (χ2n) is 6.24. The van der Waals surface area contributed by atoms with Crippen LogP contribution in [0.5, 0.6) is 5.75 Å². The molecular weight excluding hydrogens is 416 g/mol. The van der Waals surface area contributed by atoms with E-state index in [-0.39, 0.29) is 5.91 Å². The Morgan fingerprint density at radius 1 is 0.964 bits per heavy atom. The minimum absolute atomic E-state index is 0.209. The van der Waals surface area contributed by atoms with Crippen molar-refractivity contribution in [3.8, 4) is 17.0 Å². The van der Waals surface area contributed by atoms with Crippen LogP contribution in [-0.4, -0.2) is 18.0 Å². The third kappa shape index (κ3) is 3.62. The molecule has 0 aliphatic heterocycles. The van der Waals surface area contributed by atoms with E-state index in [2.05, 4.69) is 21.2 Å². The summed E-state index contributed by atoms with van der Waals surface area (Å²) in [5.74, 6) is 0.403. The summed E-state index contributed by atoms with van der Waals surface area (Å²) in [7, 11) is 1.58. The van der Waals surface area contributed by atoms with Crippen molar-refractivity contribution in [2.75, 3.05) is 12.4 Å². The van der Waals surface area contributed by atoms with Crippen molar-refractivity contribution in [3.63, 3.8) is 0 Å². The molecule has 1 aromatic heterocycles. The van der Waals surface area contributed by atoms with Crippen LogP contribution in [-0.2, 0) is 0 Å². The number of para-hydroxylation sites is 3. The SMILES string of the molecule is COc1ccccc1NC(=O)c1cc(-c2cccc(Br)c2)nc2ccccc12. The normalized spacial score (nSPS) is 10.6. The van der Waals surface area contributed by atoms with Gasteiger partial charge in [0.05, 0.1) is 29.6 Å². The number of aromatic nitrogens is 1. The molecule has 28 heavy (non-hydrogen) atoms. The van der Waals surface area contributed by atoms with Crippen molar-refractivity contribution in [2.45, 2.75) is 0 Å². The predicted octanol–water partition coefficient (Wildman–Crippen LogP) is 5.93. The summed E-state index contributed by atoms with van der Waals surface area (Å²) < 4.78 is 6.30.